The fraction of sp³-hybridized carbons (Fsp3) is 0.889. The third-order valence-corrected chi connectivity index (χ3v) is 3.59. The predicted octanol–water partition coefficient (Wildman–Crippen LogP) is -0.401. The molecule has 1 amide bonds. The first-order valence-electron chi connectivity index (χ1n) is 4.73. The summed E-state index contributed by atoms with van der Waals surface area (Å²) in [6, 6.07) is 0. The Labute approximate surface area is 88.1 Å². The Hall–Kier alpha value is -0.260. The predicted molar refractivity (Wildman–Crippen MR) is 56.2 cm³/mol. The van der Waals surface area contributed by atoms with Gasteiger partial charge < -0.3 is 15.5 Å². The van der Waals surface area contributed by atoms with Crippen LogP contribution in [0, 0.1) is 5.92 Å². The smallest absolute Gasteiger partial charge is 0.224 e. The molecule has 0 aromatic carbocycles. The number of aliphatic hydroxyl groups excluding tert-OH is 2. The van der Waals surface area contributed by atoms with Crippen LogP contribution in [-0.4, -0.2) is 46.4 Å². The van der Waals surface area contributed by atoms with Crippen LogP contribution in [0.15, 0.2) is 0 Å². The van der Waals surface area contributed by atoms with E-state index in [0.717, 1.165) is 17.9 Å². The molecule has 0 aromatic heterocycles. The summed E-state index contributed by atoms with van der Waals surface area (Å²) < 4.78 is 0. The highest BCUT2D eigenvalue weighted by molar-refractivity contribution is 7.99. The van der Waals surface area contributed by atoms with Crippen molar-refractivity contribution < 1.29 is 15.0 Å². The minimum absolute atomic E-state index is 0.0393. The normalized spacial score (nSPS) is 22.4. The molecule has 1 unspecified atom stereocenters. The summed E-state index contributed by atoms with van der Waals surface area (Å²) in [6.07, 6.45) is 0.892. The lowest BCUT2D eigenvalue weighted by Crippen LogP contribution is -2.53. The average Bonchev–Trinajstić information content (AvgIpc) is 2.70. The van der Waals surface area contributed by atoms with Crippen molar-refractivity contribution in [2.75, 3.05) is 24.7 Å². The standard InChI is InChI=1S/C9H17NO3S/c1-9(5-11,6-12)10-8(13)7-2-3-14-4-7/h7,11-12H,2-6H2,1H3,(H,10,13). The quantitative estimate of drug-likeness (QED) is 0.602. The number of nitrogens with one attached hydrogen (secondary N) is 1. The van der Waals surface area contributed by atoms with Crippen LogP contribution in [0.5, 0.6) is 0 Å². The summed E-state index contributed by atoms with van der Waals surface area (Å²) in [5, 5.41) is 20.7. The van der Waals surface area contributed by atoms with E-state index < -0.39 is 5.54 Å². The van der Waals surface area contributed by atoms with Crippen molar-refractivity contribution in [3.8, 4) is 0 Å². The van der Waals surface area contributed by atoms with Crippen molar-refractivity contribution in [3.63, 3.8) is 0 Å². The van der Waals surface area contributed by atoms with Gasteiger partial charge in [-0.05, 0) is 19.1 Å². The largest absolute Gasteiger partial charge is 0.394 e. The number of rotatable bonds is 4. The molecule has 1 heterocycles. The molecule has 0 saturated carbocycles. The van der Waals surface area contributed by atoms with Crippen molar-refractivity contribution in [1.82, 2.24) is 5.32 Å². The Morgan fingerprint density at radius 3 is 2.64 bits per heavy atom. The molecule has 1 fully saturated rings. The third kappa shape index (κ3) is 2.87. The number of amides is 1. The van der Waals surface area contributed by atoms with E-state index in [1.165, 1.54) is 0 Å². The lowest BCUT2D eigenvalue weighted by molar-refractivity contribution is -0.127. The summed E-state index contributed by atoms with van der Waals surface area (Å²) in [5.41, 5.74) is -0.885. The van der Waals surface area contributed by atoms with Gasteiger partial charge in [0.15, 0.2) is 0 Å². The van der Waals surface area contributed by atoms with Crippen LogP contribution < -0.4 is 5.32 Å². The number of aliphatic hydroxyl groups is 2. The molecule has 0 radical (unpaired) electrons. The van der Waals surface area contributed by atoms with Gasteiger partial charge in [0.1, 0.15) is 0 Å². The third-order valence-electron chi connectivity index (χ3n) is 2.42. The maximum absolute atomic E-state index is 11.6. The van der Waals surface area contributed by atoms with Crippen molar-refractivity contribution in [2.45, 2.75) is 18.9 Å². The van der Waals surface area contributed by atoms with E-state index in [9.17, 15) is 4.79 Å². The van der Waals surface area contributed by atoms with Crippen molar-refractivity contribution in [1.29, 1.82) is 0 Å². The van der Waals surface area contributed by atoms with Gasteiger partial charge in [-0.25, -0.2) is 0 Å². The summed E-state index contributed by atoms with van der Waals surface area (Å²) in [5.74, 6) is 1.85. The zero-order chi connectivity index (χ0) is 10.6. The molecular weight excluding hydrogens is 202 g/mol. The minimum atomic E-state index is -0.885. The molecule has 1 rings (SSSR count). The molecular formula is C9H17NO3S. The number of carbonyl (C=O) groups is 1. The van der Waals surface area contributed by atoms with Gasteiger partial charge in [0.2, 0.25) is 5.91 Å². The summed E-state index contributed by atoms with van der Waals surface area (Å²) in [4.78, 5) is 11.6. The molecule has 0 spiro atoms. The Kier molecular flexibility index (Phi) is 4.22. The van der Waals surface area contributed by atoms with Gasteiger partial charge >= 0.3 is 0 Å². The van der Waals surface area contributed by atoms with E-state index >= 15 is 0 Å². The monoisotopic (exact) mass is 219 g/mol. The van der Waals surface area contributed by atoms with E-state index in [1.807, 2.05) is 0 Å². The molecule has 14 heavy (non-hydrogen) atoms. The lowest BCUT2D eigenvalue weighted by Gasteiger charge is -2.27. The maximum Gasteiger partial charge on any atom is 0.224 e. The van der Waals surface area contributed by atoms with Crippen molar-refractivity contribution in [3.05, 3.63) is 0 Å². The fourth-order valence-corrected chi connectivity index (χ4v) is 2.49. The molecule has 1 atom stereocenters. The lowest BCUT2D eigenvalue weighted by atomic mass is 10.0. The van der Waals surface area contributed by atoms with Crippen LogP contribution in [0.1, 0.15) is 13.3 Å². The summed E-state index contributed by atoms with van der Waals surface area (Å²) >= 11 is 1.77. The Morgan fingerprint density at radius 1 is 1.57 bits per heavy atom. The first-order valence-corrected chi connectivity index (χ1v) is 5.88. The van der Waals surface area contributed by atoms with Gasteiger partial charge in [-0.1, -0.05) is 0 Å². The number of hydrogen-bond donors (Lipinski definition) is 3. The molecule has 5 heteroatoms. The molecule has 4 nitrogen and oxygen atoms in total. The van der Waals surface area contributed by atoms with Crippen LogP contribution in [0.25, 0.3) is 0 Å². The maximum atomic E-state index is 11.6. The molecule has 82 valence electrons. The van der Waals surface area contributed by atoms with Gasteiger partial charge in [0.25, 0.3) is 0 Å². The second-order valence-electron chi connectivity index (χ2n) is 3.93. The van der Waals surface area contributed by atoms with Gasteiger partial charge in [0, 0.05) is 11.7 Å². The van der Waals surface area contributed by atoms with Crippen molar-refractivity contribution in [2.24, 2.45) is 5.92 Å². The highest BCUT2D eigenvalue weighted by Crippen LogP contribution is 2.23. The van der Waals surface area contributed by atoms with Gasteiger partial charge in [-0.3, -0.25) is 4.79 Å². The van der Waals surface area contributed by atoms with Gasteiger partial charge in [-0.15, -0.1) is 0 Å². The van der Waals surface area contributed by atoms with E-state index in [2.05, 4.69) is 5.32 Å². The van der Waals surface area contributed by atoms with Crippen LogP contribution >= 0.6 is 11.8 Å². The number of thioether (sulfide) groups is 1. The molecule has 1 aliphatic rings. The number of hydrogen-bond acceptors (Lipinski definition) is 4. The zero-order valence-corrected chi connectivity index (χ0v) is 9.14. The van der Waals surface area contributed by atoms with E-state index in [4.69, 9.17) is 10.2 Å². The highest BCUT2D eigenvalue weighted by Gasteiger charge is 2.30. The van der Waals surface area contributed by atoms with E-state index in [1.54, 1.807) is 18.7 Å². The highest BCUT2D eigenvalue weighted by atomic mass is 32.2. The topological polar surface area (TPSA) is 69.6 Å². The average molecular weight is 219 g/mol. The Bertz CT molecular complexity index is 200. The minimum Gasteiger partial charge on any atom is -0.394 e. The molecule has 0 bridgehead atoms. The molecule has 0 aromatic rings. The SMILES string of the molecule is CC(CO)(CO)NC(=O)C1CCSC1. The zero-order valence-electron chi connectivity index (χ0n) is 8.32. The van der Waals surface area contributed by atoms with E-state index in [-0.39, 0.29) is 25.0 Å². The van der Waals surface area contributed by atoms with Gasteiger partial charge in [-0.2, -0.15) is 11.8 Å². The molecule has 1 saturated heterocycles. The van der Waals surface area contributed by atoms with Gasteiger partial charge in [0.05, 0.1) is 18.8 Å². The fourth-order valence-electron chi connectivity index (χ4n) is 1.27. The first kappa shape index (κ1) is 11.8. The van der Waals surface area contributed by atoms with Crippen molar-refractivity contribution >= 4 is 17.7 Å². The summed E-state index contributed by atoms with van der Waals surface area (Å²) in [6.45, 7) is 1.15. The molecule has 3 N–H and O–H groups in total. The van der Waals surface area contributed by atoms with E-state index in [0.29, 0.717) is 0 Å². The van der Waals surface area contributed by atoms with Crippen LogP contribution in [0.2, 0.25) is 0 Å². The summed E-state index contributed by atoms with van der Waals surface area (Å²) in [7, 11) is 0. The van der Waals surface area contributed by atoms with Crippen LogP contribution in [0.4, 0.5) is 0 Å². The Morgan fingerprint density at radius 2 is 2.21 bits per heavy atom. The Balaban J connectivity index is 2.45. The molecule has 0 aliphatic carbocycles. The molecule has 1 aliphatic heterocycles. The van der Waals surface area contributed by atoms with Crippen LogP contribution in [0.3, 0.4) is 0 Å². The second-order valence-corrected chi connectivity index (χ2v) is 5.08. The van der Waals surface area contributed by atoms with Crippen LogP contribution in [-0.2, 0) is 4.79 Å². The number of carbonyl (C=O) groups excluding carboxylic acids is 1. The second kappa shape index (κ2) is 5.00. The first-order chi connectivity index (χ1) is 6.61.